The van der Waals surface area contributed by atoms with E-state index in [9.17, 15) is 0 Å². The summed E-state index contributed by atoms with van der Waals surface area (Å²) in [6.07, 6.45) is 7.74. The van der Waals surface area contributed by atoms with Crippen molar-refractivity contribution in [1.82, 2.24) is 0 Å². The monoisotopic (exact) mass is 184 g/mol. The molecular weight excluding hydrogens is 175 g/mol. The molecule has 0 fully saturated rings. The lowest BCUT2D eigenvalue weighted by Gasteiger charge is -2.04. The molecule has 1 heteroatoms. The Labute approximate surface area is 78.7 Å². The highest BCUT2D eigenvalue weighted by atomic mass is 31.1. The molecule has 62 valence electrons. The van der Waals surface area contributed by atoms with Gasteiger partial charge in [0, 0.05) is 10.3 Å². The van der Waals surface area contributed by atoms with Crippen molar-refractivity contribution in [3.05, 3.63) is 58.0 Å². The Morgan fingerprint density at radius 3 is 3.08 bits per heavy atom. The second kappa shape index (κ2) is 2.68. The van der Waals surface area contributed by atoms with Crippen LogP contribution in [-0.4, -0.2) is 0 Å². The Balaban J connectivity index is 2.46. The summed E-state index contributed by atoms with van der Waals surface area (Å²) in [5.41, 5.74) is 1.53. The van der Waals surface area contributed by atoms with Crippen LogP contribution in [0.2, 0.25) is 0 Å². The van der Waals surface area contributed by atoms with Crippen LogP contribution >= 0.6 is 8.20 Å². The zero-order valence-corrected chi connectivity index (χ0v) is 8.09. The Bertz CT molecular complexity index is 532. The normalized spacial score (nSPS) is 18.8. The zero-order valence-electron chi connectivity index (χ0n) is 7.20. The highest BCUT2D eigenvalue weighted by Crippen LogP contribution is 2.34. The summed E-state index contributed by atoms with van der Waals surface area (Å²) in [7, 11) is 1.39. The van der Waals surface area contributed by atoms with Gasteiger partial charge in [0.15, 0.2) is 0 Å². The average molecular weight is 184 g/mol. The van der Waals surface area contributed by atoms with Crippen molar-refractivity contribution in [3.63, 3.8) is 0 Å². The summed E-state index contributed by atoms with van der Waals surface area (Å²) in [5, 5.41) is 2.95. The third kappa shape index (κ3) is 1.03. The molecule has 0 atom stereocenters. The molecule has 1 aliphatic carbocycles. The Hall–Kier alpha value is -1.13. The van der Waals surface area contributed by atoms with E-state index in [-0.39, 0.29) is 0 Å². The Kier molecular flexibility index (Phi) is 1.50. The number of allylic oxidation sites excluding steroid dienone is 4. The summed E-state index contributed by atoms with van der Waals surface area (Å²) in [4.78, 5) is 1.47. The van der Waals surface area contributed by atoms with Crippen LogP contribution in [0.4, 0.5) is 0 Å². The van der Waals surface area contributed by atoms with Crippen LogP contribution in [0.3, 0.4) is 0 Å². The van der Waals surface area contributed by atoms with Gasteiger partial charge in [-0.3, -0.25) is 0 Å². The largest absolute Gasteiger partial charge is 0.0800 e. The molecule has 0 spiro atoms. The molecule has 1 aromatic rings. The first-order chi connectivity index (χ1) is 6.45. The van der Waals surface area contributed by atoms with Crippen molar-refractivity contribution in [2.24, 2.45) is 0 Å². The Morgan fingerprint density at radius 2 is 2.08 bits per heavy atom. The number of fused-ring (bicyclic) bond motifs is 2. The van der Waals surface area contributed by atoms with Crippen molar-refractivity contribution in [3.8, 4) is 0 Å². The van der Waals surface area contributed by atoms with Gasteiger partial charge in [0.25, 0.3) is 0 Å². The van der Waals surface area contributed by atoms with Gasteiger partial charge in [-0.1, -0.05) is 44.6 Å². The van der Waals surface area contributed by atoms with E-state index in [4.69, 9.17) is 0 Å². The fraction of sp³-hybridized carbons (Fsp3) is 0.0833. The molecule has 0 bridgehead atoms. The fourth-order valence-electron chi connectivity index (χ4n) is 1.86. The van der Waals surface area contributed by atoms with E-state index in [0.29, 0.717) is 0 Å². The summed E-state index contributed by atoms with van der Waals surface area (Å²) < 4.78 is 0. The lowest BCUT2D eigenvalue weighted by Crippen LogP contribution is -2.03. The average Bonchev–Trinajstić information content (AvgIpc) is 2.56. The molecule has 0 aromatic heterocycles. The van der Waals surface area contributed by atoms with Crippen LogP contribution in [0.5, 0.6) is 0 Å². The summed E-state index contributed by atoms with van der Waals surface area (Å²) in [5.74, 6) is 0. The molecule has 3 rings (SSSR count). The third-order valence-electron chi connectivity index (χ3n) is 2.49. The second-order valence-corrected chi connectivity index (χ2v) is 4.48. The second-order valence-electron chi connectivity index (χ2n) is 3.29. The van der Waals surface area contributed by atoms with E-state index in [1.54, 1.807) is 0 Å². The van der Waals surface area contributed by atoms with Crippen molar-refractivity contribution in [2.75, 3.05) is 0 Å². The van der Waals surface area contributed by atoms with Crippen molar-refractivity contribution >= 4 is 13.8 Å². The molecule has 0 saturated heterocycles. The van der Waals surface area contributed by atoms with E-state index >= 15 is 0 Å². The van der Waals surface area contributed by atoms with Crippen molar-refractivity contribution in [1.29, 1.82) is 0 Å². The maximum atomic E-state index is 2.24. The SMILES string of the molecule is C1=CCC2=c3ccccc3=PC2=C1. The molecule has 0 radical (unpaired) electrons. The first kappa shape index (κ1) is 7.29. The molecule has 13 heavy (non-hydrogen) atoms. The number of hydrogen-bond donors (Lipinski definition) is 0. The van der Waals surface area contributed by atoms with Gasteiger partial charge in [-0.2, -0.15) is 0 Å². The summed E-state index contributed by atoms with van der Waals surface area (Å²) in [6.45, 7) is 0. The van der Waals surface area contributed by atoms with Gasteiger partial charge in [0.2, 0.25) is 0 Å². The van der Waals surface area contributed by atoms with E-state index in [2.05, 4.69) is 42.5 Å². The predicted molar refractivity (Wildman–Crippen MR) is 57.1 cm³/mol. The minimum absolute atomic E-state index is 1.11. The lowest BCUT2D eigenvalue weighted by atomic mass is 10.0. The molecule has 0 amide bonds. The van der Waals surface area contributed by atoms with Gasteiger partial charge in [0.1, 0.15) is 0 Å². The van der Waals surface area contributed by atoms with E-state index < -0.39 is 0 Å². The lowest BCUT2D eigenvalue weighted by molar-refractivity contribution is 1.36. The van der Waals surface area contributed by atoms with Crippen LogP contribution in [0.25, 0.3) is 5.57 Å². The molecule has 0 nitrogen and oxygen atoms in total. The topological polar surface area (TPSA) is 0 Å². The van der Waals surface area contributed by atoms with Gasteiger partial charge in [-0.15, -0.1) is 0 Å². The minimum Gasteiger partial charge on any atom is -0.0800 e. The van der Waals surface area contributed by atoms with Crippen molar-refractivity contribution < 1.29 is 0 Å². The molecule has 2 aliphatic rings. The van der Waals surface area contributed by atoms with Crippen molar-refractivity contribution in [2.45, 2.75) is 6.42 Å². The standard InChI is InChI=1S/C12H9P/c1-3-7-11-9(5-1)10-6-2-4-8-12(10)13-11/h1-5,7-8H,6H2. The third-order valence-corrected chi connectivity index (χ3v) is 3.78. The molecular formula is C12H9P. The van der Waals surface area contributed by atoms with Crippen LogP contribution in [0.15, 0.2) is 47.8 Å². The quantitative estimate of drug-likeness (QED) is 0.544. The molecule has 1 aromatic carbocycles. The molecule has 1 aliphatic heterocycles. The molecule has 0 N–H and O–H groups in total. The molecule has 0 saturated carbocycles. The fourth-order valence-corrected chi connectivity index (χ4v) is 3.12. The number of hydrogen-bond acceptors (Lipinski definition) is 0. The van der Waals surface area contributed by atoms with E-state index in [1.807, 2.05) is 0 Å². The van der Waals surface area contributed by atoms with Gasteiger partial charge < -0.3 is 0 Å². The minimum atomic E-state index is 1.11. The van der Waals surface area contributed by atoms with E-state index in [0.717, 1.165) is 6.42 Å². The first-order valence-corrected chi connectivity index (χ1v) is 5.39. The highest BCUT2D eigenvalue weighted by molar-refractivity contribution is 7.36. The summed E-state index contributed by atoms with van der Waals surface area (Å²) >= 11 is 0. The molecule has 1 heterocycles. The van der Waals surface area contributed by atoms with E-state index in [1.165, 1.54) is 29.2 Å². The van der Waals surface area contributed by atoms with Gasteiger partial charge in [0.05, 0.1) is 0 Å². The van der Waals surface area contributed by atoms with Crippen LogP contribution < -0.4 is 5.22 Å². The van der Waals surface area contributed by atoms with Crippen LogP contribution in [0.1, 0.15) is 6.42 Å². The van der Waals surface area contributed by atoms with Gasteiger partial charge in [-0.05, 0) is 23.3 Å². The van der Waals surface area contributed by atoms with Crippen LogP contribution in [-0.2, 0) is 0 Å². The highest BCUT2D eigenvalue weighted by Gasteiger charge is 2.11. The maximum Gasteiger partial charge on any atom is 0.00992 e. The Morgan fingerprint density at radius 1 is 1.15 bits per heavy atom. The van der Waals surface area contributed by atoms with Gasteiger partial charge in [-0.25, -0.2) is 0 Å². The summed E-state index contributed by atoms with van der Waals surface area (Å²) in [6, 6.07) is 8.71. The predicted octanol–water partition coefficient (Wildman–Crippen LogP) is 2.89. The first-order valence-electron chi connectivity index (χ1n) is 4.49. The van der Waals surface area contributed by atoms with Crippen LogP contribution in [0, 0.1) is 4.94 Å². The smallest absolute Gasteiger partial charge is 0.00992 e. The van der Waals surface area contributed by atoms with Gasteiger partial charge >= 0.3 is 0 Å². The maximum absolute atomic E-state index is 2.24. The molecule has 0 unspecified atom stereocenters. The zero-order chi connectivity index (χ0) is 8.67. The number of benzene rings is 1. The number of rotatable bonds is 0.